The Morgan fingerprint density at radius 3 is 1.70 bits per heavy atom. The van der Waals surface area contributed by atoms with Gasteiger partial charge in [-0.05, 0) is 80.9 Å². The zero-order valence-electron chi connectivity index (χ0n) is 33.9. The summed E-state index contributed by atoms with van der Waals surface area (Å²) in [5.41, 5.74) is 19.9. The molecule has 2 aromatic rings. The van der Waals surface area contributed by atoms with Crippen LogP contribution < -0.4 is 33.2 Å². The molecule has 2 heterocycles. The molecule has 0 radical (unpaired) electrons. The first kappa shape index (κ1) is 44.4. The average molecular weight is 775 g/mol. The van der Waals surface area contributed by atoms with E-state index in [1.54, 1.807) is 4.90 Å². The highest BCUT2D eigenvalue weighted by Crippen LogP contribution is 2.41. The molecule has 1 spiro atoms. The summed E-state index contributed by atoms with van der Waals surface area (Å²) in [4.78, 5) is 72.0. The standard InChI is InChI=1S/C43H66N8O5/c1-29(2)23-34(46)41(55)50-21-18-43(19-22-50)27-51(28-43)42(56)35(17-11-12-20-44)47-39(53)36(24-30(3)4)49-40(54)37(26-32-15-9-6-10-16-32)48-38(52)33(45)25-31-13-7-5-8-14-31/h5-10,13-16,29-30,33-37H,11-12,17-28,44-46H2,1-4H3,(H,47,53)(H,48,52)(H,49,54)/t33-,34-,35-,36?,37-/m1/s1. The van der Waals surface area contributed by atoms with E-state index in [4.69, 9.17) is 17.2 Å². The molecule has 56 heavy (non-hydrogen) atoms. The molecule has 2 saturated heterocycles. The van der Waals surface area contributed by atoms with Gasteiger partial charge in [0.2, 0.25) is 29.5 Å². The van der Waals surface area contributed by atoms with Gasteiger partial charge in [0, 0.05) is 38.0 Å². The summed E-state index contributed by atoms with van der Waals surface area (Å²) in [6.45, 7) is 10.9. The molecule has 0 bridgehead atoms. The van der Waals surface area contributed by atoms with Crippen LogP contribution in [0.3, 0.4) is 0 Å². The topological polar surface area (TPSA) is 206 Å². The second-order valence-electron chi connectivity index (χ2n) is 16.8. The fraction of sp³-hybridized carbons (Fsp3) is 0.605. The van der Waals surface area contributed by atoms with E-state index in [1.807, 2.05) is 79.4 Å². The molecule has 0 aliphatic carbocycles. The predicted octanol–water partition coefficient (Wildman–Crippen LogP) is 2.25. The van der Waals surface area contributed by atoms with Crippen LogP contribution in [0.25, 0.3) is 0 Å². The zero-order valence-corrected chi connectivity index (χ0v) is 33.9. The van der Waals surface area contributed by atoms with E-state index in [0.717, 1.165) is 24.0 Å². The molecule has 1 unspecified atom stereocenters. The smallest absolute Gasteiger partial charge is 0.245 e. The van der Waals surface area contributed by atoms with Crippen LogP contribution >= 0.6 is 0 Å². The van der Waals surface area contributed by atoms with Gasteiger partial charge in [0.15, 0.2) is 0 Å². The van der Waals surface area contributed by atoms with Gasteiger partial charge in [-0.2, -0.15) is 0 Å². The molecule has 13 heteroatoms. The van der Waals surface area contributed by atoms with Crippen molar-refractivity contribution in [3.63, 3.8) is 0 Å². The molecular weight excluding hydrogens is 709 g/mol. The maximum Gasteiger partial charge on any atom is 0.245 e. The predicted molar refractivity (Wildman–Crippen MR) is 219 cm³/mol. The molecule has 9 N–H and O–H groups in total. The minimum absolute atomic E-state index is 0.00747. The molecule has 2 aliphatic rings. The van der Waals surface area contributed by atoms with Gasteiger partial charge in [0.25, 0.3) is 0 Å². The monoisotopic (exact) mass is 775 g/mol. The van der Waals surface area contributed by atoms with Gasteiger partial charge in [-0.3, -0.25) is 24.0 Å². The van der Waals surface area contributed by atoms with Crippen LogP contribution in [0.2, 0.25) is 0 Å². The molecule has 2 aromatic carbocycles. The molecule has 4 rings (SSSR count). The third kappa shape index (κ3) is 13.1. The SMILES string of the molecule is CC(C)CC(NC(=O)[C@@H](Cc1ccccc1)NC(=O)[C@H](N)Cc1ccccc1)C(=O)N[C@H](CCCCN)C(=O)N1CC2(CCN(C(=O)[C@H](N)CC(C)C)CC2)C1. The zero-order chi connectivity index (χ0) is 40.8. The quantitative estimate of drug-likeness (QED) is 0.110. The van der Waals surface area contributed by atoms with Crippen molar-refractivity contribution in [1.82, 2.24) is 25.8 Å². The Labute approximate surface area is 333 Å². The number of hydrogen-bond donors (Lipinski definition) is 6. The number of benzene rings is 2. The molecule has 13 nitrogen and oxygen atoms in total. The lowest BCUT2D eigenvalue weighted by Gasteiger charge is -2.54. The maximum atomic E-state index is 14.0. The van der Waals surface area contributed by atoms with Crippen molar-refractivity contribution < 1.29 is 24.0 Å². The Morgan fingerprint density at radius 1 is 0.625 bits per heavy atom. The normalized spacial score (nSPS) is 17.7. The summed E-state index contributed by atoms with van der Waals surface area (Å²) in [6, 6.07) is 14.6. The van der Waals surface area contributed by atoms with Gasteiger partial charge in [0.05, 0.1) is 12.1 Å². The highest BCUT2D eigenvalue weighted by Gasteiger charge is 2.48. The number of amides is 5. The van der Waals surface area contributed by atoms with E-state index < -0.39 is 47.9 Å². The minimum Gasteiger partial charge on any atom is -0.343 e. The van der Waals surface area contributed by atoms with E-state index in [9.17, 15) is 24.0 Å². The van der Waals surface area contributed by atoms with Crippen LogP contribution in [0.4, 0.5) is 0 Å². The fourth-order valence-corrected chi connectivity index (χ4v) is 7.80. The van der Waals surface area contributed by atoms with Crippen molar-refractivity contribution in [3.05, 3.63) is 71.8 Å². The number of likely N-dealkylation sites (tertiary alicyclic amines) is 2. The Bertz CT molecular complexity index is 1570. The molecule has 0 saturated carbocycles. The van der Waals surface area contributed by atoms with Crippen LogP contribution in [-0.2, 0) is 36.8 Å². The summed E-state index contributed by atoms with van der Waals surface area (Å²) in [5, 5.41) is 8.76. The number of rotatable bonds is 20. The number of carbonyl (C=O) groups is 5. The number of nitrogens with one attached hydrogen (secondary N) is 3. The lowest BCUT2D eigenvalue weighted by molar-refractivity contribution is -0.153. The average Bonchev–Trinajstić information content (AvgIpc) is 3.15. The molecule has 2 fully saturated rings. The molecule has 0 aromatic heterocycles. The fourth-order valence-electron chi connectivity index (χ4n) is 7.80. The summed E-state index contributed by atoms with van der Waals surface area (Å²) < 4.78 is 0. The van der Waals surface area contributed by atoms with Gasteiger partial charge < -0.3 is 43.0 Å². The molecule has 308 valence electrons. The van der Waals surface area contributed by atoms with Crippen molar-refractivity contribution >= 4 is 29.5 Å². The second-order valence-corrected chi connectivity index (χ2v) is 16.8. The first-order valence-corrected chi connectivity index (χ1v) is 20.5. The van der Waals surface area contributed by atoms with Crippen molar-refractivity contribution in [1.29, 1.82) is 0 Å². The third-order valence-electron chi connectivity index (χ3n) is 11.0. The van der Waals surface area contributed by atoms with E-state index >= 15 is 0 Å². The van der Waals surface area contributed by atoms with Crippen LogP contribution in [0, 0.1) is 17.3 Å². The Kier molecular flexibility index (Phi) is 16.9. The Morgan fingerprint density at radius 2 is 1.14 bits per heavy atom. The van der Waals surface area contributed by atoms with Gasteiger partial charge in [-0.1, -0.05) is 88.4 Å². The van der Waals surface area contributed by atoms with E-state index in [-0.39, 0.29) is 29.6 Å². The highest BCUT2D eigenvalue weighted by atomic mass is 16.2. The van der Waals surface area contributed by atoms with Crippen molar-refractivity contribution in [2.75, 3.05) is 32.7 Å². The number of unbranched alkanes of at least 4 members (excludes halogenated alkanes) is 1. The van der Waals surface area contributed by atoms with E-state index in [0.29, 0.717) is 77.2 Å². The highest BCUT2D eigenvalue weighted by molar-refractivity contribution is 5.95. The van der Waals surface area contributed by atoms with Crippen molar-refractivity contribution in [3.8, 4) is 0 Å². The maximum absolute atomic E-state index is 14.0. The number of nitrogens with zero attached hydrogens (tertiary/aromatic N) is 2. The molecule has 5 atom stereocenters. The number of piperidine rings is 1. The van der Waals surface area contributed by atoms with Gasteiger partial charge >= 0.3 is 0 Å². The Hall–Kier alpha value is -4.33. The van der Waals surface area contributed by atoms with Crippen LogP contribution in [0.1, 0.15) is 83.8 Å². The molecule has 5 amide bonds. The number of hydrogen-bond acceptors (Lipinski definition) is 8. The number of carbonyl (C=O) groups excluding carboxylic acids is 5. The van der Waals surface area contributed by atoms with Crippen molar-refractivity contribution in [2.45, 2.75) is 116 Å². The van der Waals surface area contributed by atoms with Gasteiger partial charge in [-0.25, -0.2) is 0 Å². The first-order valence-electron chi connectivity index (χ1n) is 20.5. The van der Waals surface area contributed by atoms with Gasteiger partial charge in [-0.15, -0.1) is 0 Å². The van der Waals surface area contributed by atoms with Crippen LogP contribution in [-0.4, -0.2) is 102 Å². The minimum atomic E-state index is -0.999. The summed E-state index contributed by atoms with van der Waals surface area (Å²) >= 11 is 0. The lowest BCUT2D eigenvalue weighted by Crippen LogP contribution is -2.66. The van der Waals surface area contributed by atoms with Crippen LogP contribution in [0.15, 0.2) is 60.7 Å². The van der Waals surface area contributed by atoms with E-state index in [1.165, 1.54) is 0 Å². The lowest BCUT2D eigenvalue weighted by atomic mass is 9.71. The summed E-state index contributed by atoms with van der Waals surface area (Å²) in [7, 11) is 0. The van der Waals surface area contributed by atoms with Gasteiger partial charge in [0.1, 0.15) is 18.1 Å². The molecule has 2 aliphatic heterocycles. The summed E-state index contributed by atoms with van der Waals surface area (Å²) in [6.07, 6.45) is 4.81. The first-order chi connectivity index (χ1) is 26.7. The van der Waals surface area contributed by atoms with Crippen LogP contribution in [0.5, 0.6) is 0 Å². The second kappa shape index (κ2) is 21.3. The van der Waals surface area contributed by atoms with E-state index in [2.05, 4.69) is 29.8 Å². The number of nitrogens with two attached hydrogens (primary N) is 3. The van der Waals surface area contributed by atoms with Crippen molar-refractivity contribution in [2.24, 2.45) is 34.5 Å². The molecular formula is C43H66N8O5. The summed E-state index contributed by atoms with van der Waals surface area (Å²) in [5.74, 6) is -1.23. The third-order valence-corrected chi connectivity index (χ3v) is 11.0. The largest absolute Gasteiger partial charge is 0.343 e. The Balaban J connectivity index is 1.41.